The zero-order valence-corrected chi connectivity index (χ0v) is 7.89. The smallest absolute Gasteiger partial charge is 0.335 e. The van der Waals surface area contributed by atoms with Crippen LogP contribution in [0.25, 0.3) is 0 Å². The summed E-state index contributed by atoms with van der Waals surface area (Å²) in [5, 5.41) is 8.90. The van der Waals surface area contributed by atoms with Gasteiger partial charge in [-0.05, 0) is 40.0 Å². The first-order chi connectivity index (χ1) is 5.36. The van der Waals surface area contributed by atoms with Crippen molar-refractivity contribution in [3.8, 4) is 0 Å². The van der Waals surface area contributed by atoms with E-state index >= 15 is 0 Å². The Hall–Kier alpha value is -0.570. The largest absolute Gasteiger partial charge is 0.479 e. The second-order valence-corrected chi connectivity index (χ2v) is 4.25. The second-order valence-electron chi connectivity index (χ2n) is 4.25. The molecule has 0 saturated carbocycles. The van der Waals surface area contributed by atoms with Gasteiger partial charge in [0.05, 0.1) is 5.60 Å². The maximum Gasteiger partial charge on any atom is 0.335 e. The van der Waals surface area contributed by atoms with E-state index < -0.39 is 11.6 Å². The van der Waals surface area contributed by atoms with Crippen LogP contribution < -0.4 is 0 Å². The molecular formula is C9H16O3. The second kappa shape index (κ2) is 2.73. The number of hydrogen-bond acceptors (Lipinski definition) is 2. The van der Waals surface area contributed by atoms with Gasteiger partial charge >= 0.3 is 5.97 Å². The van der Waals surface area contributed by atoms with Crippen LogP contribution in [0, 0.1) is 0 Å². The molecule has 1 N–H and O–H groups in total. The highest BCUT2D eigenvalue weighted by Gasteiger charge is 2.42. The summed E-state index contributed by atoms with van der Waals surface area (Å²) in [7, 11) is 0. The van der Waals surface area contributed by atoms with Gasteiger partial charge in [-0.3, -0.25) is 0 Å². The summed E-state index contributed by atoms with van der Waals surface area (Å²) in [6.07, 6.45) is 2.48. The van der Waals surface area contributed by atoms with Crippen molar-refractivity contribution in [2.75, 3.05) is 0 Å². The monoisotopic (exact) mass is 172 g/mol. The van der Waals surface area contributed by atoms with Crippen LogP contribution in [0.15, 0.2) is 0 Å². The summed E-state index contributed by atoms with van der Waals surface area (Å²) in [6.45, 7) is 5.52. The van der Waals surface area contributed by atoms with E-state index in [0.717, 1.165) is 12.8 Å². The first-order valence-corrected chi connectivity index (χ1v) is 4.29. The van der Waals surface area contributed by atoms with E-state index in [2.05, 4.69) is 0 Å². The normalized spacial score (nSPS) is 34.6. The summed E-state index contributed by atoms with van der Waals surface area (Å²) in [5.74, 6) is -0.852. The Morgan fingerprint density at radius 2 is 1.92 bits per heavy atom. The van der Waals surface area contributed by atoms with E-state index in [-0.39, 0.29) is 5.60 Å². The maximum absolute atomic E-state index is 10.8. The average Bonchev–Trinajstić information content (AvgIpc) is 1.83. The fourth-order valence-corrected chi connectivity index (χ4v) is 1.71. The van der Waals surface area contributed by atoms with Gasteiger partial charge in [0.25, 0.3) is 0 Å². The highest BCUT2D eigenvalue weighted by Crippen LogP contribution is 2.34. The number of carbonyl (C=O) groups is 1. The third-order valence-electron chi connectivity index (χ3n) is 2.39. The van der Waals surface area contributed by atoms with Crippen LogP contribution in [0.1, 0.15) is 40.0 Å². The number of carboxylic acid groups (broad SMARTS) is 1. The van der Waals surface area contributed by atoms with Crippen molar-refractivity contribution in [3.05, 3.63) is 0 Å². The Morgan fingerprint density at radius 1 is 1.33 bits per heavy atom. The molecule has 1 atom stereocenters. The predicted octanol–water partition coefficient (Wildman–Crippen LogP) is 1.81. The lowest BCUT2D eigenvalue weighted by molar-refractivity contribution is -0.197. The molecule has 1 heterocycles. The van der Waals surface area contributed by atoms with Gasteiger partial charge in [-0.15, -0.1) is 0 Å². The summed E-state index contributed by atoms with van der Waals surface area (Å²) >= 11 is 0. The Labute approximate surface area is 72.7 Å². The predicted molar refractivity (Wildman–Crippen MR) is 45.1 cm³/mol. The van der Waals surface area contributed by atoms with Crippen LogP contribution in [0.4, 0.5) is 0 Å². The third-order valence-corrected chi connectivity index (χ3v) is 2.39. The summed E-state index contributed by atoms with van der Waals surface area (Å²) in [4.78, 5) is 10.8. The molecule has 0 aromatic carbocycles. The first-order valence-electron chi connectivity index (χ1n) is 4.29. The van der Waals surface area contributed by atoms with Gasteiger partial charge in [-0.25, -0.2) is 4.79 Å². The number of ether oxygens (including phenoxy) is 1. The van der Waals surface area contributed by atoms with Crippen LogP contribution in [0.5, 0.6) is 0 Å². The van der Waals surface area contributed by atoms with Crippen molar-refractivity contribution in [3.63, 3.8) is 0 Å². The Balaban J connectivity index is 2.74. The molecule has 1 rings (SSSR count). The summed E-state index contributed by atoms with van der Waals surface area (Å²) < 4.78 is 5.52. The minimum Gasteiger partial charge on any atom is -0.479 e. The molecule has 0 amide bonds. The van der Waals surface area contributed by atoms with Crippen molar-refractivity contribution < 1.29 is 14.6 Å². The van der Waals surface area contributed by atoms with Crippen molar-refractivity contribution >= 4 is 5.97 Å². The number of rotatable bonds is 1. The fraction of sp³-hybridized carbons (Fsp3) is 0.889. The molecule has 1 aliphatic rings. The lowest BCUT2D eigenvalue weighted by Crippen LogP contribution is -2.48. The quantitative estimate of drug-likeness (QED) is 0.656. The zero-order valence-electron chi connectivity index (χ0n) is 7.89. The lowest BCUT2D eigenvalue weighted by Gasteiger charge is -2.40. The molecule has 70 valence electrons. The Kier molecular flexibility index (Phi) is 2.17. The minimum absolute atomic E-state index is 0.286. The van der Waals surface area contributed by atoms with Gasteiger partial charge in [0, 0.05) is 0 Å². The number of carboxylic acids is 1. The fourth-order valence-electron chi connectivity index (χ4n) is 1.71. The van der Waals surface area contributed by atoms with Crippen molar-refractivity contribution in [2.24, 2.45) is 0 Å². The molecule has 0 radical (unpaired) electrons. The lowest BCUT2D eigenvalue weighted by atomic mass is 9.88. The van der Waals surface area contributed by atoms with E-state index in [1.165, 1.54) is 0 Å². The van der Waals surface area contributed by atoms with Crippen molar-refractivity contribution in [1.82, 2.24) is 0 Å². The molecule has 12 heavy (non-hydrogen) atoms. The third kappa shape index (κ3) is 1.78. The standard InChI is InChI=1S/C9H16O3/c1-8(2)5-4-6-9(3,12-8)7(10)11/h4-6H2,1-3H3,(H,10,11)/t9-/m1/s1. The maximum atomic E-state index is 10.8. The van der Waals surface area contributed by atoms with Crippen LogP contribution >= 0.6 is 0 Å². The van der Waals surface area contributed by atoms with E-state index in [9.17, 15) is 4.79 Å². The molecule has 0 spiro atoms. The van der Waals surface area contributed by atoms with Gasteiger partial charge in [0.2, 0.25) is 0 Å². The average molecular weight is 172 g/mol. The van der Waals surface area contributed by atoms with Gasteiger partial charge in [0.15, 0.2) is 5.60 Å². The van der Waals surface area contributed by atoms with Gasteiger partial charge in [-0.2, -0.15) is 0 Å². The molecule has 3 nitrogen and oxygen atoms in total. The van der Waals surface area contributed by atoms with E-state index in [1.807, 2.05) is 13.8 Å². The summed E-state index contributed by atoms with van der Waals surface area (Å²) in [6, 6.07) is 0. The molecular weight excluding hydrogens is 156 g/mol. The van der Waals surface area contributed by atoms with Crippen molar-refractivity contribution in [2.45, 2.75) is 51.2 Å². The van der Waals surface area contributed by atoms with Crippen molar-refractivity contribution in [1.29, 1.82) is 0 Å². The van der Waals surface area contributed by atoms with Gasteiger partial charge in [-0.1, -0.05) is 0 Å². The molecule has 0 aliphatic carbocycles. The van der Waals surface area contributed by atoms with Crippen LogP contribution in [0.3, 0.4) is 0 Å². The van der Waals surface area contributed by atoms with Crippen LogP contribution in [0.2, 0.25) is 0 Å². The zero-order chi connectivity index (χ0) is 9.41. The first kappa shape index (κ1) is 9.52. The number of hydrogen-bond donors (Lipinski definition) is 1. The Morgan fingerprint density at radius 3 is 2.25 bits per heavy atom. The molecule has 1 saturated heterocycles. The van der Waals surface area contributed by atoms with Crippen LogP contribution in [-0.2, 0) is 9.53 Å². The van der Waals surface area contributed by atoms with E-state index in [4.69, 9.17) is 9.84 Å². The van der Waals surface area contributed by atoms with Crippen LogP contribution in [-0.4, -0.2) is 22.3 Å². The molecule has 0 unspecified atom stereocenters. The van der Waals surface area contributed by atoms with Gasteiger partial charge < -0.3 is 9.84 Å². The highest BCUT2D eigenvalue weighted by molar-refractivity contribution is 5.77. The topological polar surface area (TPSA) is 46.5 Å². The molecule has 1 fully saturated rings. The van der Waals surface area contributed by atoms with E-state index in [1.54, 1.807) is 6.92 Å². The van der Waals surface area contributed by atoms with Gasteiger partial charge in [0.1, 0.15) is 0 Å². The minimum atomic E-state index is -0.970. The summed E-state index contributed by atoms with van der Waals surface area (Å²) in [5.41, 5.74) is -1.26. The molecule has 1 aliphatic heterocycles. The molecule has 0 aromatic rings. The number of aliphatic carboxylic acids is 1. The molecule has 0 aromatic heterocycles. The molecule has 0 bridgehead atoms. The Bertz CT molecular complexity index is 198. The SMILES string of the molecule is CC1(C)CCC[C@](C)(C(=O)O)O1. The molecule has 3 heteroatoms. The highest BCUT2D eigenvalue weighted by atomic mass is 16.5. The van der Waals surface area contributed by atoms with E-state index in [0.29, 0.717) is 6.42 Å².